The number of nitro benzene ring substituents is 1. The second-order valence-corrected chi connectivity index (χ2v) is 5.88. The Bertz CT molecular complexity index is 588. The molecule has 1 aromatic carbocycles. The third kappa shape index (κ3) is 4.31. The zero-order valence-electron chi connectivity index (χ0n) is 9.41. The van der Waals surface area contributed by atoms with Crippen LogP contribution in [0.15, 0.2) is 29.2 Å². The minimum atomic E-state index is -4.33. The van der Waals surface area contributed by atoms with Gasteiger partial charge in [0.05, 0.1) is 4.92 Å². The van der Waals surface area contributed by atoms with Crippen LogP contribution in [-0.4, -0.2) is 30.5 Å². The Labute approximate surface area is 122 Å². The highest BCUT2D eigenvalue weighted by Gasteiger charge is 2.27. The number of hydrogen-bond donors (Lipinski definition) is 1. The quantitative estimate of drug-likeness (QED) is 0.346. The first-order chi connectivity index (χ1) is 8.88. The summed E-state index contributed by atoms with van der Waals surface area (Å²) in [4.78, 5) is 20.5. The molecule has 0 radical (unpaired) electrons. The van der Waals surface area contributed by atoms with Crippen molar-refractivity contribution in [1.82, 2.24) is 4.72 Å². The summed E-state index contributed by atoms with van der Waals surface area (Å²) in [6.45, 7) is 0.0405. The summed E-state index contributed by atoms with van der Waals surface area (Å²) in [6, 6.07) is 4.71. The van der Waals surface area contributed by atoms with Crippen LogP contribution in [0, 0.1) is 10.1 Å². The molecular weight excluding hydrogens is 391 g/mol. The van der Waals surface area contributed by atoms with Crippen LogP contribution in [0.25, 0.3) is 0 Å². The van der Waals surface area contributed by atoms with E-state index in [0.717, 1.165) is 12.1 Å². The third-order valence-electron chi connectivity index (χ3n) is 1.88. The molecule has 1 rings (SSSR count). The van der Waals surface area contributed by atoms with E-state index in [2.05, 4.69) is 4.74 Å². The van der Waals surface area contributed by atoms with E-state index < -0.39 is 31.6 Å². The van der Waals surface area contributed by atoms with Crippen LogP contribution in [0.3, 0.4) is 0 Å². The van der Waals surface area contributed by atoms with Crippen molar-refractivity contribution in [1.29, 1.82) is 0 Å². The van der Waals surface area contributed by atoms with E-state index in [4.69, 9.17) is 0 Å². The smallest absolute Gasteiger partial charge is 0.421 e. The number of nitro groups is 1. The molecule has 0 unspecified atom stereocenters. The van der Waals surface area contributed by atoms with E-state index in [-0.39, 0.29) is 6.61 Å². The Morgan fingerprint density at radius 2 is 2.05 bits per heavy atom. The van der Waals surface area contributed by atoms with Gasteiger partial charge in [-0.05, 0) is 6.07 Å². The number of halogens is 1. The standard InChI is InChI=1S/C9H9IN2O6S/c10-5-6-18-9(13)11-19(16,17)8-4-2-1-3-7(8)12(14)15/h1-4H,5-6H2,(H,11,13). The largest absolute Gasteiger partial charge is 0.448 e. The molecule has 8 nitrogen and oxygen atoms in total. The van der Waals surface area contributed by atoms with Crippen molar-refractivity contribution in [2.24, 2.45) is 0 Å². The predicted molar refractivity (Wildman–Crippen MR) is 73.7 cm³/mol. The van der Waals surface area contributed by atoms with Gasteiger partial charge in [-0.1, -0.05) is 34.7 Å². The van der Waals surface area contributed by atoms with Crippen LogP contribution >= 0.6 is 22.6 Å². The monoisotopic (exact) mass is 400 g/mol. The molecule has 0 saturated heterocycles. The number of nitrogens with one attached hydrogen (secondary N) is 1. The lowest BCUT2D eigenvalue weighted by Gasteiger charge is -2.07. The van der Waals surface area contributed by atoms with E-state index in [1.54, 1.807) is 4.72 Å². The summed E-state index contributed by atoms with van der Waals surface area (Å²) in [5, 5.41) is 10.7. The number of amides is 1. The zero-order chi connectivity index (χ0) is 14.5. The predicted octanol–water partition coefficient (Wildman–Crippen LogP) is 1.44. The van der Waals surface area contributed by atoms with Crippen molar-refractivity contribution >= 4 is 44.4 Å². The molecule has 1 N–H and O–H groups in total. The summed E-state index contributed by atoms with van der Waals surface area (Å²) in [5.74, 6) is 0. The number of benzene rings is 1. The second-order valence-electron chi connectivity index (χ2n) is 3.16. The van der Waals surface area contributed by atoms with Gasteiger partial charge in [0.25, 0.3) is 15.7 Å². The Morgan fingerprint density at radius 1 is 1.42 bits per heavy atom. The van der Waals surface area contributed by atoms with Gasteiger partial charge >= 0.3 is 6.09 Å². The fourth-order valence-electron chi connectivity index (χ4n) is 1.16. The minimum Gasteiger partial charge on any atom is -0.448 e. The van der Waals surface area contributed by atoms with Crippen LogP contribution in [0.5, 0.6) is 0 Å². The third-order valence-corrected chi connectivity index (χ3v) is 3.68. The van der Waals surface area contributed by atoms with E-state index in [1.807, 2.05) is 22.6 Å². The van der Waals surface area contributed by atoms with E-state index in [9.17, 15) is 23.3 Å². The van der Waals surface area contributed by atoms with Gasteiger partial charge < -0.3 is 4.74 Å². The number of para-hydroxylation sites is 1. The molecule has 19 heavy (non-hydrogen) atoms. The molecule has 0 heterocycles. The summed E-state index contributed by atoms with van der Waals surface area (Å²) >= 11 is 1.94. The average molecular weight is 400 g/mol. The highest BCUT2D eigenvalue weighted by atomic mass is 127. The van der Waals surface area contributed by atoms with Crippen molar-refractivity contribution in [3.63, 3.8) is 0 Å². The Kier molecular flexibility index (Phi) is 5.47. The van der Waals surface area contributed by atoms with Gasteiger partial charge in [-0.15, -0.1) is 0 Å². The molecule has 0 saturated carbocycles. The molecule has 1 amide bonds. The minimum absolute atomic E-state index is 0.0405. The Balaban J connectivity index is 3.01. The van der Waals surface area contributed by atoms with Crippen LogP contribution in [0.4, 0.5) is 10.5 Å². The number of rotatable bonds is 5. The topological polar surface area (TPSA) is 116 Å². The van der Waals surface area contributed by atoms with Crippen LogP contribution < -0.4 is 4.72 Å². The SMILES string of the molecule is O=C(NS(=O)(=O)c1ccccc1[N+](=O)[O-])OCCI. The Hall–Kier alpha value is -1.43. The normalized spacial score (nSPS) is 10.8. The highest BCUT2D eigenvalue weighted by molar-refractivity contribution is 14.1. The molecule has 10 heteroatoms. The maximum absolute atomic E-state index is 11.8. The van der Waals surface area contributed by atoms with Gasteiger partial charge in [0.1, 0.15) is 6.61 Å². The number of carbonyl (C=O) groups is 1. The average Bonchev–Trinajstić information content (AvgIpc) is 2.35. The molecule has 0 bridgehead atoms. The first-order valence-electron chi connectivity index (χ1n) is 4.87. The molecule has 1 aromatic rings. The molecule has 0 aliphatic carbocycles. The molecule has 0 spiro atoms. The summed E-state index contributed by atoms with van der Waals surface area (Å²) in [6.07, 6.45) is -1.17. The molecule has 0 atom stereocenters. The zero-order valence-corrected chi connectivity index (χ0v) is 12.4. The maximum atomic E-state index is 11.8. The summed E-state index contributed by atoms with van der Waals surface area (Å²) < 4.78 is 30.3. The molecule has 0 aliphatic heterocycles. The molecule has 104 valence electrons. The first-order valence-corrected chi connectivity index (χ1v) is 7.88. The molecule has 0 fully saturated rings. The lowest BCUT2D eigenvalue weighted by Crippen LogP contribution is -2.31. The van der Waals surface area contributed by atoms with Crippen LogP contribution in [-0.2, 0) is 14.8 Å². The lowest BCUT2D eigenvalue weighted by atomic mass is 10.3. The van der Waals surface area contributed by atoms with E-state index in [0.29, 0.717) is 4.43 Å². The van der Waals surface area contributed by atoms with Gasteiger partial charge in [-0.2, -0.15) is 0 Å². The fourth-order valence-corrected chi connectivity index (χ4v) is 2.44. The fraction of sp³-hybridized carbons (Fsp3) is 0.222. The van der Waals surface area contributed by atoms with Crippen molar-refractivity contribution in [3.8, 4) is 0 Å². The lowest BCUT2D eigenvalue weighted by molar-refractivity contribution is -0.387. The van der Waals surface area contributed by atoms with Gasteiger partial charge in [-0.25, -0.2) is 17.9 Å². The van der Waals surface area contributed by atoms with Crippen molar-refractivity contribution in [2.45, 2.75) is 4.90 Å². The highest BCUT2D eigenvalue weighted by Crippen LogP contribution is 2.22. The maximum Gasteiger partial charge on any atom is 0.421 e. The molecular formula is C9H9IN2O6S. The van der Waals surface area contributed by atoms with Gasteiger partial charge in [0, 0.05) is 10.5 Å². The number of alkyl halides is 1. The van der Waals surface area contributed by atoms with Gasteiger partial charge in [0.2, 0.25) is 0 Å². The Morgan fingerprint density at radius 3 is 2.63 bits per heavy atom. The second kappa shape index (κ2) is 6.65. The summed E-state index contributed by atoms with van der Waals surface area (Å²) in [7, 11) is -4.33. The first kappa shape index (κ1) is 15.6. The van der Waals surface area contributed by atoms with Gasteiger partial charge in [0.15, 0.2) is 4.90 Å². The summed E-state index contributed by atoms with van der Waals surface area (Å²) in [5.41, 5.74) is -0.614. The van der Waals surface area contributed by atoms with Crippen molar-refractivity contribution < 1.29 is 22.9 Å². The number of carbonyl (C=O) groups excluding carboxylic acids is 1. The van der Waals surface area contributed by atoms with Crippen LogP contribution in [0.1, 0.15) is 0 Å². The van der Waals surface area contributed by atoms with Crippen molar-refractivity contribution in [3.05, 3.63) is 34.4 Å². The molecule has 0 aromatic heterocycles. The number of nitrogens with zero attached hydrogens (tertiary/aromatic N) is 1. The number of hydrogen-bond acceptors (Lipinski definition) is 6. The van der Waals surface area contributed by atoms with Crippen LogP contribution in [0.2, 0.25) is 0 Å². The van der Waals surface area contributed by atoms with E-state index >= 15 is 0 Å². The number of sulfonamides is 1. The number of ether oxygens (including phenoxy) is 1. The van der Waals surface area contributed by atoms with Crippen molar-refractivity contribution in [2.75, 3.05) is 11.0 Å². The van der Waals surface area contributed by atoms with E-state index in [1.165, 1.54) is 12.1 Å². The molecule has 0 aliphatic rings. The van der Waals surface area contributed by atoms with Gasteiger partial charge in [-0.3, -0.25) is 10.1 Å².